The van der Waals surface area contributed by atoms with Crippen molar-refractivity contribution < 1.29 is 19.5 Å². The van der Waals surface area contributed by atoms with Crippen molar-refractivity contribution in [1.82, 2.24) is 20.9 Å². The normalized spacial score (nSPS) is 9.56. The molecule has 1 aromatic rings. The van der Waals surface area contributed by atoms with E-state index in [9.17, 15) is 14.4 Å². The second-order valence-corrected chi connectivity index (χ2v) is 3.91. The van der Waals surface area contributed by atoms with Crippen molar-refractivity contribution in [1.29, 1.82) is 0 Å². The van der Waals surface area contributed by atoms with Gasteiger partial charge in [-0.3, -0.25) is 9.59 Å². The Balaban J connectivity index is 2.13. The molecule has 0 unspecified atom stereocenters. The second-order valence-electron chi connectivity index (χ2n) is 3.19. The number of nitrogens with one attached hydrogen (secondary N) is 3. The van der Waals surface area contributed by atoms with Crippen LogP contribution >= 0.6 is 11.3 Å². The van der Waals surface area contributed by atoms with Crippen molar-refractivity contribution in [2.45, 2.75) is 6.54 Å². The maximum absolute atomic E-state index is 11.2. The predicted molar refractivity (Wildman–Crippen MR) is 63.0 cm³/mol. The van der Waals surface area contributed by atoms with Gasteiger partial charge in [0, 0.05) is 5.38 Å². The van der Waals surface area contributed by atoms with Crippen LogP contribution in [0.2, 0.25) is 0 Å². The maximum Gasteiger partial charge on any atom is 0.322 e. The minimum Gasteiger partial charge on any atom is -0.480 e. The topological polar surface area (TPSA) is 120 Å². The molecule has 8 nitrogen and oxygen atoms in total. The van der Waals surface area contributed by atoms with E-state index in [2.05, 4.69) is 20.9 Å². The first kappa shape index (κ1) is 13.9. The van der Waals surface area contributed by atoms with Crippen LogP contribution in [0.25, 0.3) is 0 Å². The van der Waals surface area contributed by atoms with E-state index in [4.69, 9.17) is 5.11 Å². The molecule has 0 aliphatic carbocycles. The first-order chi connectivity index (χ1) is 8.58. The number of hydrogen-bond acceptors (Lipinski definition) is 5. The number of aromatic nitrogens is 1. The number of hydrogen-bond donors (Lipinski definition) is 4. The van der Waals surface area contributed by atoms with Crippen LogP contribution in [-0.4, -0.2) is 41.1 Å². The van der Waals surface area contributed by atoms with E-state index < -0.39 is 24.5 Å². The first-order valence-electron chi connectivity index (χ1n) is 4.95. The quantitative estimate of drug-likeness (QED) is 0.537. The lowest BCUT2D eigenvalue weighted by Crippen LogP contribution is -2.42. The van der Waals surface area contributed by atoms with Crippen LogP contribution < -0.4 is 16.0 Å². The number of rotatable bonds is 6. The highest BCUT2D eigenvalue weighted by molar-refractivity contribution is 7.07. The molecule has 1 heterocycles. The van der Waals surface area contributed by atoms with Gasteiger partial charge in [-0.1, -0.05) is 0 Å². The first-order valence-corrected chi connectivity index (χ1v) is 5.89. The average Bonchev–Trinajstić information content (AvgIpc) is 2.84. The fourth-order valence-electron chi connectivity index (χ4n) is 0.955. The Morgan fingerprint density at radius 2 is 2.00 bits per heavy atom. The van der Waals surface area contributed by atoms with E-state index in [0.29, 0.717) is 0 Å². The summed E-state index contributed by atoms with van der Waals surface area (Å²) in [5.74, 6) is -1.71. The van der Waals surface area contributed by atoms with Crippen LogP contribution in [0.4, 0.5) is 4.79 Å². The lowest BCUT2D eigenvalue weighted by atomic mass is 10.5. The molecule has 98 valence electrons. The van der Waals surface area contributed by atoms with E-state index in [1.54, 1.807) is 10.9 Å². The number of amides is 3. The Labute approximate surface area is 106 Å². The Kier molecular flexibility index (Phi) is 5.58. The molecule has 0 fully saturated rings. The van der Waals surface area contributed by atoms with E-state index in [1.165, 1.54) is 11.3 Å². The van der Waals surface area contributed by atoms with Gasteiger partial charge in [-0.25, -0.2) is 9.78 Å². The van der Waals surface area contributed by atoms with Crippen molar-refractivity contribution in [3.05, 3.63) is 16.6 Å². The Morgan fingerprint density at radius 1 is 1.22 bits per heavy atom. The molecular weight excluding hydrogens is 260 g/mol. The van der Waals surface area contributed by atoms with E-state index in [-0.39, 0.29) is 13.1 Å². The van der Waals surface area contributed by atoms with Crippen LogP contribution in [0.5, 0.6) is 0 Å². The number of carboxylic acid groups (broad SMARTS) is 1. The van der Waals surface area contributed by atoms with Gasteiger partial charge in [-0.05, 0) is 0 Å². The zero-order chi connectivity index (χ0) is 13.4. The van der Waals surface area contributed by atoms with E-state index in [1.807, 2.05) is 0 Å². The highest BCUT2D eigenvalue weighted by Crippen LogP contribution is 1.99. The van der Waals surface area contributed by atoms with Crippen molar-refractivity contribution in [2.24, 2.45) is 0 Å². The third-order valence-electron chi connectivity index (χ3n) is 1.76. The zero-order valence-corrected chi connectivity index (χ0v) is 10.1. The molecule has 0 saturated carbocycles. The molecule has 0 saturated heterocycles. The largest absolute Gasteiger partial charge is 0.480 e. The van der Waals surface area contributed by atoms with Crippen LogP contribution in [0.1, 0.15) is 5.69 Å². The van der Waals surface area contributed by atoms with Crippen molar-refractivity contribution in [3.63, 3.8) is 0 Å². The third kappa shape index (κ3) is 5.80. The molecule has 0 radical (unpaired) electrons. The van der Waals surface area contributed by atoms with Gasteiger partial charge in [-0.15, -0.1) is 11.3 Å². The van der Waals surface area contributed by atoms with Crippen molar-refractivity contribution in [3.8, 4) is 0 Å². The lowest BCUT2D eigenvalue weighted by molar-refractivity contribution is -0.137. The minimum absolute atomic E-state index is 0.270. The van der Waals surface area contributed by atoms with E-state index in [0.717, 1.165) is 5.69 Å². The summed E-state index contributed by atoms with van der Waals surface area (Å²) in [6, 6.07) is -0.520. The number of nitrogens with zero attached hydrogens (tertiary/aromatic N) is 1. The fourth-order valence-corrected chi connectivity index (χ4v) is 1.51. The van der Waals surface area contributed by atoms with Gasteiger partial charge in [0.2, 0.25) is 5.91 Å². The molecule has 0 aliphatic rings. The monoisotopic (exact) mass is 272 g/mol. The number of thiazole rings is 1. The lowest BCUT2D eigenvalue weighted by Gasteiger charge is -2.06. The molecule has 0 aliphatic heterocycles. The van der Waals surface area contributed by atoms with Gasteiger partial charge in [0.15, 0.2) is 0 Å². The predicted octanol–water partition coefficient (Wildman–Crippen LogP) is -0.857. The van der Waals surface area contributed by atoms with Crippen LogP contribution in [0.3, 0.4) is 0 Å². The molecule has 18 heavy (non-hydrogen) atoms. The molecule has 0 bridgehead atoms. The summed E-state index contributed by atoms with van der Waals surface area (Å²) in [4.78, 5) is 36.4. The Morgan fingerprint density at radius 3 is 2.61 bits per heavy atom. The smallest absolute Gasteiger partial charge is 0.322 e. The Hall–Kier alpha value is -2.16. The maximum atomic E-state index is 11.2. The number of aliphatic carboxylic acids is 1. The Bertz CT molecular complexity index is 420. The van der Waals surface area contributed by atoms with E-state index >= 15 is 0 Å². The number of carboxylic acids is 1. The molecule has 3 amide bonds. The van der Waals surface area contributed by atoms with Gasteiger partial charge >= 0.3 is 12.0 Å². The number of urea groups is 1. The van der Waals surface area contributed by atoms with Gasteiger partial charge in [0.25, 0.3) is 0 Å². The summed E-state index contributed by atoms with van der Waals surface area (Å²) in [5.41, 5.74) is 2.37. The molecule has 1 aromatic heterocycles. The molecule has 1 rings (SSSR count). The summed E-state index contributed by atoms with van der Waals surface area (Å²) in [7, 11) is 0. The zero-order valence-electron chi connectivity index (χ0n) is 9.30. The summed E-state index contributed by atoms with van der Waals surface area (Å²) >= 11 is 1.42. The molecule has 0 aromatic carbocycles. The highest BCUT2D eigenvalue weighted by Gasteiger charge is 2.06. The van der Waals surface area contributed by atoms with Crippen molar-refractivity contribution in [2.75, 3.05) is 13.1 Å². The molecule has 4 N–H and O–H groups in total. The summed E-state index contributed by atoms with van der Waals surface area (Å²) in [6.07, 6.45) is 0. The SMILES string of the molecule is O=C(O)CNC(=O)CNC(=O)NCc1cscn1. The number of carbonyl (C=O) groups excluding carboxylic acids is 2. The summed E-state index contributed by atoms with van der Waals surface area (Å²) in [6.45, 7) is -0.483. The molecule has 0 spiro atoms. The van der Waals surface area contributed by atoms with Crippen LogP contribution in [0.15, 0.2) is 10.9 Å². The standard InChI is InChI=1S/C9H12N4O4S/c14-7(10-3-8(15)16)2-12-9(17)11-1-6-4-18-5-13-6/h4-5H,1-3H2,(H,10,14)(H,15,16)(H2,11,12,17). The van der Waals surface area contributed by atoms with Crippen molar-refractivity contribution >= 4 is 29.2 Å². The van der Waals surface area contributed by atoms with Gasteiger partial charge in [0.05, 0.1) is 24.3 Å². The fraction of sp³-hybridized carbons (Fsp3) is 0.333. The molecule has 0 atom stereocenters. The molecule has 9 heteroatoms. The molecular formula is C9H12N4O4S. The van der Waals surface area contributed by atoms with Gasteiger partial charge in [-0.2, -0.15) is 0 Å². The summed E-state index contributed by atoms with van der Waals surface area (Å²) in [5, 5.41) is 17.0. The van der Waals surface area contributed by atoms with Crippen LogP contribution in [-0.2, 0) is 16.1 Å². The second kappa shape index (κ2) is 7.22. The van der Waals surface area contributed by atoms with Gasteiger partial charge in [0.1, 0.15) is 6.54 Å². The summed E-state index contributed by atoms with van der Waals surface area (Å²) < 4.78 is 0. The van der Waals surface area contributed by atoms with Crippen LogP contribution in [0, 0.1) is 0 Å². The number of carbonyl (C=O) groups is 3. The average molecular weight is 272 g/mol. The highest BCUT2D eigenvalue weighted by atomic mass is 32.1. The third-order valence-corrected chi connectivity index (χ3v) is 2.40. The minimum atomic E-state index is -1.14. The van der Waals surface area contributed by atoms with Gasteiger partial charge < -0.3 is 21.1 Å².